The summed E-state index contributed by atoms with van der Waals surface area (Å²) in [6.45, 7) is 2.09. The van der Waals surface area contributed by atoms with Crippen LogP contribution in [0.3, 0.4) is 0 Å². The number of hydrogen-bond donors (Lipinski definition) is 0. The predicted octanol–water partition coefficient (Wildman–Crippen LogP) is 4.35. The van der Waals surface area contributed by atoms with Gasteiger partial charge in [0.1, 0.15) is 5.03 Å². The number of azide groups is 1. The smallest absolute Gasteiger partial charge is 0.338 e. The van der Waals surface area contributed by atoms with Crippen molar-refractivity contribution in [2.45, 2.75) is 16.8 Å². The van der Waals surface area contributed by atoms with Crippen molar-refractivity contribution in [2.75, 3.05) is 6.61 Å². The van der Waals surface area contributed by atoms with Crippen LogP contribution in [-0.4, -0.2) is 17.6 Å². The molecule has 1 heterocycles. The van der Waals surface area contributed by atoms with Crippen molar-refractivity contribution in [1.82, 2.24) is 4.98 Å². The molecule has 0 fully saturated rings. The third-order valence-corrected chi connectivity index (χ3v) is 3.37. The number of carbonyl (C=O) groups is 1. The monoisotopic (exact) mass is 300 g/mol. The van der Waals surface area contributed by atoms with Crippen LogP contribution >= 0.6 is 11.8 Å². The SMILES string of the molecule is CCOC(=O)c1ccnc(Sc2cccc(N=[N+]=[N-])c2)c1. The number of pyridine rings is 1. The molecule has 2 aromatic rings. The third kappa shape index (κ3) is 4.24. The fourth-order valence-electron chi connectivity index (χ4n) is 1.59. The number of rotatable bonds is 5. The van der Waals surface area contributed by atoms with Crippen LogP contribution in [0.2, 0.25) is 0 Å². The zero-order chi connectivity index (χ0) is 15.1. The summed E-state index contributed by atoms with van der Waals surface area (Å²) in [4.78, 5) is 19.5. The molecule has 0 spiro atoms. The van der Waals surface area contributed by atoms with Crippen LogP contribution < -0.4 is 0 Å². The lowest BCUT2D eigenvalue weighted by Crippen LogP contribution is -2.04. The predicted molar refractivity (Wildman–Crippen MR) is 79.6 cm³/mol. The van der Waals surface area contributed by atoms with E-state index in [0.29, 0.717) is 22.9 Å². The number of nitrogens with zero attached hydrogens (tertiary/aromatic N) is 4. The van der Waals surface area contributed by atoms with E-state index in [4.69, 9.17) is 10.3 Å². The molecule has 6 nitrogen and oxygen atoms in total. The van der Waals surface area contributed by atoms with E-state index in [1.807, 2.05) is 6.07 Å². The van der Waals surface area contributed by atoms with Crippen molar-refractivity contribution in [2.24, 2.45) is 5.11 Å². The van der Waals surface area contributed by atoms with Crippen LogP contribution in [-0.2, 0) is 4.74 Å². The van der Waals surface area contributed by atoms with Gasteiger partial charge in [0, 0.05) is 21.7 Å². The average Bonchev–Trinajstić information content (AvgIpc) is 2.48. The van der Waals surface area contributed by atoms with Gasteiger partial charge in [-0.05, 0) is 36.7 Å². The molecule has 0 aliphatic heterocycles. The van der Waals surface area contributed by atoms with Gasteiger partial charge in [0.15, 0.2) is 0 Å². The van der Waals surface area contributed by atoms with Crippen LogP contribution in [0.5, 0.6) is 0 Å². The Kier molecular flexibility index (Phi) is 5.20. The second-order valence-corrected chi connectivity index (χ2v) is 4.99. The molecule has 1 aromatic carbocycles. The van der Waals surface area contributed by atoms with Crippen LogP contribution in [0, 0.1) is 0 Å². The lowest BCUT2D eigenvalue weighted by molar-refractivity contribution is 0.0526. The maximum atomic E-state index is 11.7. The summed E-state index contributed by atoms with van der Waals surface area (Å²) in [6, 6.07) is 10.4. The summed E-state index contributed by atoms with van der Waals surface area (Å²) in [6.07, 6.45) is 1.56. The molecule has 2 rings (SSSR count). The molecular weight excluding hydrogens is 288 g/mol. The van der Waals surface area contributed by atoms with Gasteiger partial charge in [-0.15, -0.1) is 0 Å². The standard InChI is InChI=1S/C14H12N4O2S/c1-2-20-14(19)10-6-7-16-13(8-10)21-12-5-3-4-11(9-12)17-18-15/h3-9H,2H2,1H3. The minimum Gasteiger partial charge on any atom is -0.462 e. The Balaban J connectivity index is 2.19. The Morgan fingerprint density at radius 2 is 2.29 bits per heavy atom. The summed E-state index contributed by atoms with van der Waals surface area (Å²) in [7, 11) is 0. The average molecular weight is 300 g/mol. The quantitative estimate of drug-likeness (QED) is 0.355. The van der Waals surface area contributed by atoms with Gasteiger partial charge in [-0.25, -0.2) is 9.78 Å². The topological polar surface area (TPSA) is 88.0 Å². The molecule has 0 radical (unpaired) electrons. The van der Waals surface area contributed by atoms with Crippen molar-refractivity contribution in [3.05, 3.63) is 58.6 Å². The van der Waals surface area contributed by atoms with E-state index in [1.165, 1.54) is 11.8 Å². The van der Waals surface area contributed by atoms with Crippen LogP contribution in [0.4, 0.5) is 5.69 Å². The van der Waals surface area contributed by atoms with E-state index in [-0.39, 0.29) is 5.97 Å². The number of esters is 1. The Labute approximate surface area is 125 Å². The third-order valence-electron chi connectivity index (χ3n) is 2.45. The van der Waals surface area contributed by atoms with E-state index in [9.17, 15) is 4.79 Å². The molecule has 0 aliphatic rings. The lowest BCUT2D eigenvalue weighted by Gasteiger charge is -2.04. The van der Waals surface area contributed by atoms with E-state index in [0.717, 1.165) is 4.90 Å². The first kappa shape index (κ1) is 14.9. The summed E-state index contributed by atoms with van der Waals surface area (Å²) in [5, 5.41) is 4.22. The van der Waals surface area contributed by atoms with Crippen molar-refractivity contribution in [1.29, 1.82) is 0 Å². The highest BCUT2D eigenvalue weighted by molar-refractivity contribution is 7.99. The Morgan fingerprint density at radius 1 is 1.43 bits per heavy atom. The largest absolute Gasteiger partial charge is 0.462 e. The molecule has 0 aliphatic carbocycles. The molecule has 106 valence electrons. The van der Waals surface area contributed by atoms with Gasteiger partial charge >= 0.3 is 5.97 Å². The molecule has 21 heavy (non-hydrogen) atoms. The minimum atomic E-state index is -0.371. The van der Waals surface area contributed by atoms with Crippen molar-refractivity contribution in [3.8, 4) is 0 Å². The molecular formula is C14H12N4O2S. The molecule has 0 N–H and O–H groups in total. The number of hydrogen-bond acceptors (Lipinski definition) is 5. The van der Waals surface area contributed by atoms with Crippen molar-refractivity contribution < 1.29 is 9.53 Å². The maximum Gasteiger partial charge on any atom is 0.338 e. The van der Waals surface area contributed by atoms with Gasteiger partial charge in [0.25, 0.3) is 0 Å². The number of aromatic nitrogens is 1. The highest BCUT2D eigenvalue weighted by Gasteiger charge is 2.08. The highest BCUT2D eigenvalue weighted by Crippen LogP contribution is 2.29. The normalized spacial score (nSPS) is 9.76. The summed E-state index contributed by atoms with van der Waals surface area (Å²) >= 11 is 1.38. The Morgan fingerprint density at radius 3 is 3.05 bits per heavy atom. The van der Waals surface area contributed by atoms with Gasteiger partial charge in [-0.1, -0.05) is 29.0 Å². The van der Waals surface area contributed by atoms with Gasteiger partial charge < -0.3 is 4.74 Å². The molecule has 0 amide bonds. The van der Waals surface area contributed by atoms with E-state index < -0.39 is 0 Å². The van der Waals surface area contributed by atoms with E-state index in [1.54, 1.807) is 43.5 Å². The van der Waals surface area contributed by atoms with Gasteiger partial charge in [-0.2, -0.15) is 0 Å². The van der Waals surface area contributed by atoms with E-state index >= 15 is 0 Å². The maximum absolute atomic E-state index is 11.7. The molecule has 0 saturated heterocycles. The van der Waals surface area contributed by atoms with Crippen molar-refractivity contribution in [3.63, 3.8) is 0 Å². The number of benzene rings is 1. The molecule has 7 heteroatoms. The van der Waals surface area contributed by atoms with E-state index in [2.05, 4.69) is 15.0 Å². The Bertz CT molecular complexity index is 699. The first-order chi connectivity index (χ1) is 10.2. The fraction of sp³-hybridized carbons (Fsp3) is 0.143. The zero-order valence-electron chi connectivity index (χ0n) is 11.3. The summed E-state index contributed by atoms with van der Waals surface area (Å²) in [5.74, 6) is -0.371. The molecule has 0 atom stereocenters. The highest BCUT2D eigenvalue weighted by atomic mass is 32.2. The van der Waals surface area contributed by atoms with Crippen LogP contribution in [0.25, 0.3) is 10.4 Å². The number of carbonyl (C=O) groups excluding carboxylic acids is 1. The molecule has 0 unspecified atom stereocenters. The van der Waals surface area contributed by atoms with Gasteiger partial charge in [0.2, 0.25) is 0 Å². The van der Waals surface area contributed by atoms with Gasteiger partial charge in [-0.3, -0.25) is 0 Å². The zero-order valence-corrected chi connectivity index (χ0v) is 12.1. The molecule has 0 bridgehead atoms. The second kappa shape index (κ2) is 7.33. The second-order valence-electron chi connectivity index (χ2n) is 3.89. The number of ether oxygens (including phenoxy) is 1. The first-order valence-corrected chi connectivity index (χ1v) is 7.00. The van der Waals surface area contributed by atoms with Gasteiger partial charge in [0.05, 0.1) is 12.2 Å². The summed E-state index contributed by atoms with van der Waals surface area (Å²) < 4.78 is 4.95. The minimum absolute atomic E-state index is 0.331. The first-order valence-electron chi connectivity index (χ1n) is 6.19. The van der Waals surface area contributed by atoms with Crippen LogP contribution in [0.1, 0.15) is 17.3 Å². The van der Waals surface area contributed by atoms with Crippen molar-refractivity contribution >= 4 is 23.4 Å². The molecule has 1 aromatic heterocycles. The molecule has 0 saturated carbocycles. The lowest BCUT2D eigenvalue weighted by atomic mass is 10.3. The van der Waals surface area contributed by atoms with Crippen LogP contribution in [0.15, 0.2) is 57.6 Å². The Hall–Kier alpha value is -2.50. The summed E-state index contributed by atoms with van der Waals surface area (Å²) in [5.41, 5.74) is 9.43. The fourth-order valence-corrected chi connectivity index (χ4v) is 2.46.